The van der Waals surface area contributed by atoms with Gasteiger partial charge >= 0.3 is 0 Å². The molecule has 0 aliphatic carbocycles. The Morgan fingerprint density at radius 2 is 2.13 bits per heavy atom. The van der Waals surface area contributed by atoms with Crippen molar-refractivity contribution in [1.82, 2.24) is 19.4 Å². The first-order valence-corrected chi connectivity index (χ1v) is 8.42. The first-order valence-electron chi connectivity index (χ1n) is 6.98. The van der Waals surface area contributed by atoms with Crippen molar-refractivity contribution in [1.29, 1.82) is 0 Å². The molecule has 9 heteroatoms. The highest BCUT2D eigenvalue weighted by molar-refractivity contribution is 7.89. The predicted molar refractivity (Wildman–Crippen MR) is 87.0 cm³/mol. The van der Waals surface area contributed by atoms with E-state index in [4.69, 9.17) is 0 Å². The van der Waals surface area contributed by atoms with Gasteiger partial charge in [-0.3, -0.25) is 0 Å². The van der Waals surface area contributed by atoms with Crippen LogP contribution in [0.2, 0.25) is 0 Å². The molecule has 3 rings (SSSR count). The fourth-order valence-electron chi connectivity index (χ4n) is 2.52. The SMILES string of the molecule is CN(C1CCNC1)S(=O)(=O)c1cnn(-c2ccccc2F)c1.Cl. The molecule has 1 fully saturated rings. The second-order valence-corrected chi connectivity index (χ2v) is 7.24. The second-order valence-electron chi connectivity index (χ2n) is 5.24. The van der Waals surface area contributed by atoms with Crippen LogP contribution in [0.25, 0.3) is 5.69 Å². The highest BCUT2D eigenvalue weighted by Gasteiger charge is 2.31. The summed E-state index contributed by atoms with van der Waals surface area (Å²) in [7, 11) is -2.07. The number of sulfonamides is 1. The van der Waals surface area contributed by atoms with Crippen molar-refractivity contribution < 1.29 is 12.8 Å². The molecule has 0 amide bonds. The average Bonchev–Trinajstić information content (AvgIpc) is 3.18. The van der Waals surface area contributed by atoms with Crippen molar-refractivity contribution in [2.75, 3.05) is 20.1 Å². The number of rotatable bonds is 4. The second kappa shape index (κ2) is 6.96. The van der Waals surface area contributed by atoms with Crippen molar-refractivity contribution in [3.05, 3.63) is 42.5 Å². The molecule has 126 valence electrons. The Hall–Kier alpha value is -1.48. The Morgan fingerprint density at radius 3 is 2.78 bits per heavy atom. The normalized spacial score (nSPS) is 18.1. The van der Waals surface area contributed by atoms with Crippen LogP contribution in [-0.4, -0.2) is 48.7 Å². The van der Waals surface area contributed by atoms with Crippen molar-refractivity contribution in [2.24, 2.45) is 0 Å². The van der Waals surface area contributed by atoms with Crippen molar-refractivity contribution in [3.63, 3.8) is 0 Å². The molecule has 0 spiro atoms. The molecule has 1 aliphatic rings. The number of halogens is 2. The highest BCUT2D eigenvalue weighted by atomic mass is 35.5. The fraction of sp³-hybridized carbons (Fsp3) is 0.357. The molecule has 1 aliphatic heterocycles. The number of hydrogen-bond donors (Lipinski definition) is 1. The number of benzene rings is 1. The Morgan fingerprint density at radius 1 is 1.39 bits per heavy atom. The van der Waals surface area contributed by atoms with Gasteiger partial charge in [-0.05, 0) is 25.1 Å². The molecular weight excluding hydrogens is 343 g/mol. The number of nitrogens with zero attached hydrogens (tertiary/aromatic N) is 3. The summed E-state index contributed by atoms with van der Waals surface area (Å²) in [6.45, 7) is 1.44. The molecule has 1 unspecified atom stereocenters. The van der Waals surface area contributed by atoms with Crippen LogP contribution >= 0.6 is 12.4 Å². The van der Waals surface area contributed by atoms with E-state index in [2.05, 4.69) is 10.4 Å². The molecule has 23 heavy (non-hydrogen) atoms. The number of aromatic nitrogens is 2. The van der Waals surface area contributed by atoms with Gasteiger partial charge < -0.3 is 5.32 Å². The summed E-state index contributed by atoms with van der Waals surface area (Å²) in [5.41, 5.74) is 0.217. The lowest BCUT2D eigenvalue weighted by Gasteiger charge is -2.22. The predicted octanol–water partition coefficient (Wildman–Crippen LogP) is 1.42. The van der Waals surface area contributed by atoms with Gasteiger partial charge in [-0.2, -0.15) is 9.40 Å². The van der Waals surface area contributed by atoms with Gasteiger partial charge in [-0.1, -0.05) is 12.1 Å². The highest BCUT2D eigenvalue weighted by Crippen LogP contribution is 2.20. The Labute approximate surface area is 140 Å². The van der Waals surface area contributed by atoms with Crippen LogP contribution < -0.4 is 5.32 Å². The van der Waals surface area contributed by atoms with Crippen LogP contribution in [0.1, 0.15) is 6.42 Å². The maximum Gasteiger partial charge on any atom is 0.246 e. The minimum absolute atomic E-state index is 0. The number of hydrogen-bond acceptors (Lipinski definition) is 4. The third-order valence-corrected chi connectivity index (χ3v) is 5.75. The van der Waals surface area contributed by atoms with Crippen LogP contribution in [0, 0.1) is 5.82 Å². The van der Waals surface area contributed by atoms with Gasteiger partial charge in [0.05, 0.1) is 12.4 Å². The minimum atomic E-state index is -3.63. The molecule has 0 bridgehead atoms. The van der Waals surface area contributed by atoms with Gasteiger partial charge in [0.2, 0.25) is 10.0 Å². The van der Waals surface area contributed by atoms with Gasteiger partial charge in [0.25, 0.3) is 0 Å². The lowest BCUT2D eigenvalue weighted by atomic mass is 10.3. The molecule has 0 saturated carbocycles. The Balaban J connectivity index is 0.00000192. The molecule has 2 aromatic rings. The third-order valence-electron chi connectivity index (χ3n) is 3.88. The fourth-order valence-corrected chi connectivity index (χ4v) is 3.84. The molecule has 0 radical (unpaired) electrons. The number of para-hydroxylation sites is 1. The summed E-state index contributed by atoms with van der Waals surface area (Å²) in [4.78, 5) is 0.0603. The molecule has 1 aromatic carbocycles. The molecule has 1 N–H and O–H groups in total. The van der Waals surface area contributed by atoms with Crippen molar-refractivity contribution in [3.8, 4) is 5.69 Å². The molecule has 1 saturated heterocycles. The maximum atomic E-state index is 13.8. The number of nitrogens with one attached hydrogen (secondary N) is 1. The average molecular weight is 361 g/mol. The summed E-state index contributed by atoms with van der Waals surface area (Å²) in [5.74, 6) is -0.456. The van der Waals surface area contributed by atoms with Gasteiger partial charge in [0, 0.05) is 19.6 Å². The third kappa shape index (κ3) is 3.40. The van der Waals surface area contributed by atoms with E-state index in [0.29, 0.717) is 6.54 Å². The zero-order valence-corrected chi connectivity index (χ0v) is 14.1. The Bertz CT molecular complexity index is 775. The summed E-state index contributed by atoms with van der Waals surface area (Å²) in [6, 6.07) is 6.03. The molecule has 1 aromatic heterocycles. The molecule has 6 nitrogen and oxygen atoms in total. The zero-order valence-electron chi connectivity index (χ0n) is 12.5. The lowest BCUT2D eigenvalue weighted by molar-refractivity contribution is 0.388. The monoisotopic (exact) mass is 360 g/mol. The van der Waals surface area contributed by atoms with E-state index >= 15 is 0 Å². The van der Waals surface area contributed by atoms with E-state index in [1.165, 1.54) is 27.4 Å². The van der Waals surface area contributed by atoms with Gasteiger partial charge in [-0.25, -0.2) is 17.5 Å². The van der Waals surface area contributed by atoms with Crippen LogP contribution in [0.15, 0.2) is 41.6 Å². The summed E-state index contributed by atoms with van der Waals surface area (Å²) >= 11 is 0. The minimum Gasteiger partial charge on any atom is -0.315 e. The van der Waals surface area contributed by atoms with E-state index in [9.17, 15) is 12.8 Å². The van der Waals surface area contributed by atoms with E-state index in [1.807, 2.05) is 0 Å². The van der Waals surface area contributed by atoms with Crippen LogP contribution in [0.5, 0.6) is 0 Å². The quantitative estimate of drug-likeness (QED) is 0.895. The molecule has 2 heterocycles. The largest absolute Gasteiger partial charge is 0.315 e. The standard InChI is InChI=1S/C14H17FN4O2S.ClH/c1-18(11-6-7-16-8-11)22(20,21)12-9-17-19(10-12)14-5-3-2-4-13(14)15;/h2-5,9-11,16H,6-8H2,1H3;1H. The topological polar surface area (TPSA) is 67.2 Å². The van der Waals surface area contributed by atoms with Crippen LogP contribution in [0.4, 0.5) is 4.39 Å². The maximum absolute atomic E-state index is 13.8. The first-order chi connectivity index (χ1) is 10.5. The van der Waals surface area contributed by atoms with Gasteiger partial charge in [0.15, 0.2) is 0 Å². The van der Waals surface area contributed by atoms with Crippen molar-refractivity contribution >= 4 is 22.4 Å². The Kier molecular flexibility index (Phi) is 5.41. The van der Waals surface area contributed by atoms with Crippen molar-refractivity contribution in [2.45, 2.75) is 17.4 Å². The van der Waals surface area contributed by atoms with E-state index in [-0.39, 0.29) is 29.0 Å². The van der Waals surface area contributed by atoms with E-state index in [0.717, 1.165) is 13.0 Å². The molecular formula is C14H18ClFN4O2S. The van der Waals surface area contributed by atoms with E-state index in [1.54, 1.807) is 25.2 Å². The summed E-state index contributed by atoms with van der Waals surface area (Å²) < 4.78 is 41.6. The smallest absolute Gasteiger partial charge is 0.246 e. The first kappa shape index (κ1) is 17.9. The van der Waals surface area contributed by atoms with E-state index < -0.39 is 15.8 Å². The summed E-state index contributed by atoms with van der Waals surface area (Å²) in [5, 5.41) is 7.12. The zero-order chi connectivity index (χ0) is 15.7. The van der Waals surface area contributed by atoms with Gasteiger partial charge in [-0.15, -0.1) is 12.4 Å². The number of likely N-dealkylation sites (N-methyl/N-ethyl adjacent to an activating group) is 1. The summed E-state index contributed by atoms with van der Waals surface area (Å²) in [6.07, 6.45) is 3.37. The molecule has 1 atom stereocenters. The van der Waals surface area contributed by atoms with Crippen LogP contribution in [0.3, 0.4) is 0 Å². The van der Waals surface area contributed by atoms with Crippen LogP contribution in [-0.2, 0) is 10.0 Å². The van der Waals surface area contributed by atoms with Gasteiger partial charge in [0.1, 0.15) is 16.4 Å². The lowest BCUT2D eigenvalue weighted by Crippen LogP contribution is -2.38.